The number of aliphatic hydroxyl groups is 4. The predicted molar refractivity (Wildman–Crippen MR) is 131 cm³/mol. The molecule has 1 saturated heterocycles. The second-order valence-corrected chi connectivity index (χ2v) is 7.05. The van der Waals surface area contributed by atoms with Gasteiger partial charge in [0.1, 0.15) is 5.92 Å². The van der Waals surface area contributed by atoms with Crippen molar-refractivity contribution < 1.29 is 39.5 Å². The number of hydrazine groups is 1. The zero-order chi connectivity index (χ0) is 26.2. The van der Waals surface area contributed by atoms with Crippen LogP contribution in [0.3, 0.4) is 0 Å². The van der Waals surface area contributed by atoms with Gasteiger partial charge in [-0.15, -0.1) is 0 Å². The molecule has 5 N–H and O–H groups in total. The van der Waals surface area contributed by atoms with Gasteiger partial charge in [-0.05, 0) is 39.3 Å². The van der Waals surface area contributed by atoms with E-state index in [-0.39, 0.29) is 31.6 Å². The molecule has 0 radical (unpaired) electrons. The van der Waals surface area contributed by atoms with Gasteiger partial charge in [-0.3, -0.25) is 15.0 Å². The molecule has 1 aromatic rings. The van der Waals surface area contributed by atoms with Crippen LogP contribution in [-0.4, -0.2) is 84.6 Å². The number of rotatable bonds is 11. The van der Waals surface area contributed by atoms with Crippen LogP contribution in [0.4, 0.5) is 5.69 Å². The first kappa shape index (κ1) is 34.1. The smallest absolute Gasteiger partial charge is 0.258 e. The molecule has 0 saturated carbocycles. The van der Waals surface area contributed by atoms with E-state index >= 15 is 0 Å². The summed E-state index contributed by atoms with van der Waals surface area (Å²) in [6, 6.07) is 9.17. The third kappa shape index (κ3) is 17.4. The van der Waals surface area contributed by atoms with Crippen molar-refractivity contribution >= 4 is 17.5 Å². The number of para-hydroxylation sites is 1. The quantitative estimate of drug-likeness (QED) is 0.231. The average Bonchev–Trinajstić information content (AvgIpc) is 3.13. The van der Waals surface area contributed by atoms with Crippen LogP contribution in [0.15, 0.2) is 30.3 Å². The highest BCUT2D eigenvalue weighted by atomic mass is 16.5. The lowest BCUT2D eigenvalue weighted by atomic mass is 10.0. The summed E-state index contributed by atoms with van der Waals surface area (Å²) >= 11 is 0. The van der Waals surface area contributed by atoms with Crippen molar-refractivity contribution in [3.8, 4) is 0 Å². The normalized spacial score (nSPS) is 15.2. The molecule has 34 heavy (non-hydrogen) atoms. The fourth-order valence-corrected chi connectivity index (χ4v) is 2.38. The third-order valence-electron chi connectivity index (χ3n) is 4.06. The number of amides is 2. The van der Waals surface area contributed by atoms with Gasteiger partial charge in [0.15, 0.2) is 0 Å². The van der Waals surface area contributed by atoms with E-state index in [1.807, 2.05) is 39.0 Å². The molecule has 0 bridgehead atoms. The summed E-state index contributed by atoms with van der Waals surface area (Å²) in [7, 11) is 0. The van der Waals surface area contributed by atoms with Crippen molar-refractivity contribution in [1.82, 2.24) is 5.43 Å². The Morgan fingerprint density at radius 3 is 1.88 bits per heavy atom. The Balaban J connectivity index is 0. The predicted octanol–water partition coefficient (Wildman–Crippen LogP) is 1.26. The monoisotopic (exact) mass is 488 g/mol. The van der Waals surface area contributed by atoms with Crippen molar-refractivity contribution in [2.45, 2.75) is 53.1 Å². The lowest BCUT2D eigenvalue weighted by Crippen LogP contribution is -2.35. The van der Waals surface area contributed by atoms with Gasteiger partial charge in [-0.25, -0.2) is 5.01 Å². The van der Waals surface area contributed by atoms with Crippen LogP contribution >= 0.6 is 0 Å². The minimum atomic E-state index is -0.560. The summed E-state index contributed by atoms with van der Waals surface area (Å²) in [5.41, 5.74) is 3.34. The summed E-state index contributed by atoms with van der Waals surface area (Å²) in [5.74, 6) is -0.850. The van der Waals surface area contributed by atoms with Gasteiger partial charge < -0.3 is 29.9 Å². The van der Waals surface area contributed by atoms with Crippen molar-refractivity contribution in [2.75, 3.05) is 51.3 Å². The van der Waals surface area contributed by atoms with Crippen molar-refractivity contribution in [3.63, 3.8) is 0 Å². The van der Waals surface area contributed by atoms with E-state index < -0.39 is 12.0 Å². The number of nitrogens with zero attached hydrogens (tertiary/aromatic N) is 1. The first-order valence-corrected chi connectivity index (χ1v) is 11.7. The van der Waals surface area contributed by atoms with Crippen molar-refractivity contribution in [1.29, 1.82) is 0 Å². The molecular weight excluding hydrogens is 444 g/mol. The Kier molecular flexibility index (Phi) is 24.1. The summed E-state index contributed by atoms with van der Waals surface area (Å²) in [5, 5.41) is 33.5. The molecule has 2 amide bonds. The second kappa shape index (κ2) is 24.1. The van der Waals surface area contributed by atoms with Gasteiger partial charge >= 0.3 is 0 Å². The summed E-state index contributed by atoms with van der Waals surface area (Å²) in [4.78, 5) is 23.8. The highest BCUT2D eigenvalue weighted by Gasteiger charge is 2.39. The van der Waals surface area contributed by atoms with E-state index in [0.29, 0.717) is 25.3 Å². The number of anilines is 1. The standard InChI is InChI=1S/C13H16N2O2.C4H10O3.C4H10O.C3H8O2/c1-2-3-9-11-12(16)14-15(13(11)17)10-7-5-4-6-8-10;5-1-3-7-4-2-6;1-3-5-4-2;1-3(5)2-4/h4-8,11H,2-3,9H2,1H3,(H,14,16);5-6H,1-4H2;3-4H2,1-2H3;3-5H,2H2,1H3. The number of carbonyl (C=O) groups is 2. The maximum atomic E-state index is 12.1. The molecule has 1 heterocycles. The van der Waals surface area contributed by atoms with Crippen molar-refractivity contribution in [2.24, 2.45) is 5.92 Å². The molecule has 10 nitrogen and oxygen atoms in total. The van der Waals surface area contributed by atoms with E-state index in [4.69, 9.17) is 25.2 Å². The molecule has 0 aromatic heterocycles. The number of nitrogens with one attached hydrogen (secondary N) is 1. The Hall–Kier alpha value is -2.08. The van der Waals surface area contributed by atoms with Crippen LogP contribution < -0.4 is 10.4 Å². The molecule has 198 valence electrons. The Morgan fingerprint density at radius 2 is 1.50 bits per heavy atom. The molecular formula is C24H44N2O8. The fraction of sp³-hybridized carbons (Fsp3) is 0.667. The van der Waals surface area contributed by atoms with Crippen LogP contribution in [0.5, 0.6) is 0 Å². The highest BCUT2D eigenvalue weighted by molar-refractivity contribution is 6.14. The Labute approximate surface area is 203 Å². The molecule has 10 heteroatoms. The zero-order valence-electron chi connectivity index (χ0n) is 21.0. The molecule has 1 fully saturated rings. The van der Waals surface area contributed by atoms with E-state index in [9.17, 15) is 9.59 Å². The zero-order valence-corrected chi connectivity index (χ0v) is 21.0. The minimum Gasteiger partial charge on any atom is -0.394 e. The molecule has 1 aliphatic heterocycles. The van der Waals surface area contributed by atoms with Gasteiger partial charge in [0, 0.05) is 13.2 Å². The lowest BCUT2D eigenvalue weighted by molar-refractivity contribution is -0.127. The van der Waals surface area contributed by atoms with Gasteiger partial charge in [0.2, 0.25) is 0 Å². The number of ether oxygens (including phenoxy) is 2. The van der Waals surface area contributed by atoms with Crippen LogP contribution in [0, 0.1) is 5.92 Å². The summed E-state index contributed by atoms with van der Waals surface area (Å²) in [6.45, 7) is 9.80. The molecule has 1 aliphatic rings. The van der Waals surface area contributed by atoms with Crippen molar-refractivity contribution in [3.05, 3.63) is 30.3 Å². The molecule has 2 unspecified atom stereocenters. The first-order valence-electron chi connectivity index (χ1n) is 11.7. The third-order valence-corrected chi connectivity index (χ3v) is 4.06. The second-order valence-electron chi connectivity index (χ2n) is 7.05. The van der Waals surface area contributed by atoms with E-state index in [0.717, 1.165) is 26.1 Å². The van der Waals surface area contributed by atoms with Gasteiger partial charge in [0.05, 0.1) is 44.8 Å². The minimum absolute atomic E-state index is 0.0278. The first-order chi connectivity index (χ1) is 16.3. The Bertz CT molecular complexity index is 596. The Morgan fingerprint density at radius 1 is 0.971 bits per heavy atom. The maximum Gasteiger partial charge on any atom is 0.258 e. The van der Waals surface area contributed by atoms with Crippen LogP contribution in [0.2, 0.25) is 0 Å². The van der Waals surface area contributed by atoms with Gasteiger partial charge in [0.25, 0.3) is 11.8 Å². The molecule has 1 aromatic carbocycles. The van der Waals surface area contributed by atoms with Crippen LogP contribution in [0.1, 0.15) is 47.0 Å². The van der Waals surface area contributed by atoms with Gasteiger partial charge in [-0.2, -0.15) is 0 Å². The van der Waals surface area contributed by atoms with Gasteiger partial charge in [-0.1, -0.05) is 38.0 Å². The number of hydrogen-bond donors (Lipinski definition) is 5. The summed E-state index contributed by atoms with van der Waals surface area (Å²) in [6.07, 6.45) is 1.95. The number of benzene rings is 1. The molecule has 2 atom stereocenters. The number of hydrogen-bond acceptors (Lipinski definition) is 8. The SMILES string of the molecule is CC(O)CO.CCCCC1C(=O)NN(c2ccccc2)C1=O.CCOCC.OCCOCCO. The van der Waals surface area contributed by atoms with Crippen LogP contribution in [0.25, 0.3) is 0 Å². The number of aliphatic hydroxyl groups excluding tert-OH is 4. The topological polar surface area (TPSA) is 149 Å². The molecule has 0 aliphatic carbocycles. The van der Waals surface area contributed by atoms with Crippen LogP contribution in [-0.2, 0) is 19.1 Å². The van der Waals surface area contributed by atoms with E-state index in [2.05, 4.69) is 10.2 Å². The highest BCUT2D eigenvalue weighted by Crippen LogP contribution is 2.22. The fourth-order valence-electron chi connectivity index (χ4n) is 2.38. The lowest BCUT2D eigenvalue weighted by Gasteiger charge is -2.14. The largest absolute Gasteiger partial charge is 0.394 e. The molecule has 2 rings (SSSR count). The number of unbranched alkanes of at least 4 members (excludes halogenated alkanes) is 1. The maximum absolute atomic E-state index is 12.1. The molecule has 0 spiro atoms. The van der Waals surface area contributed by atoms with E-state index in [1.54, 1.807) is 12.1 Å². The van der Waals surface area contributed by atoms with E-state index in [1.165, 1.54) is 11.9 Å². The average molecular weight is 489 g/mol. The summed E-state index contributed by atoms with van der Waals surface area (Å²) < 4.78 is 9.47. The number of carbonyl (C=O) groups excluding carboxylic acids is 2.